The SMILES string of the molecule is CC(CC(=O)Nc1ccc(SC(F)F)cc1)C1CCCNC1. The summed E-state index contributed by atoms with van der Waals surface area (Å²) in [5.74, 6) is -1.57. The van der Waals surface area contributed by atoms with Crippen LogP contribution in [0.4, 0.5) is 14.5 Å². The molecule has 1 amide bonds. The second-order valence-corrected chi connectivity index (χ2v) is 6.80. The Morgan fingerprint density at radius 1 is 1.41 bits per heavy atom. The summed E-state index contributed by atoms with van der Waals surface area (Å²) >= 11 is 0.502. The van der Waals surface area contributed by atoms with E-state index in [1.807, 2.05) is 0 Å². The van der Waals surface area contributed by atoms with Gasteiger partial charge < -0.3 is 10.6 Å². The van der Waals surface area contributed by atoms with Crippen LogP contribution in [0.2, 0.25) is 0 Å². The van der Waals surface area contributed by atoms with Crippen molar-refractivity contribution in [1.82, 2.24) is 5.32 Å². The maximum Gasteiger partial charge on any atom is 0.288 e. The number of anilines is 1. The summed E-state index contributed by atoms with van der Waals surface area (Å²) in [4.78, 5) is 12.6. The van der Waals surface area contributed by atoms with E-state index in [2.05, 4.69) is 17.6 Å². The monoisotopic (exact) mass is 328 g/mol. The van der Waals surface area contributed by atoms with Gasteiger partial charge >= 0.3 is 0 Å². The van der Waals surface area contributed by atoms with Crippen LogP contribution in [0.1, 0.15) is 26.2 Å². The average Bonchev–Trinajstić information content (AvgIpc) is 2.49. The van der Waals surface area contributed by atoms with Crippen molar-refractivity contribution in [1.29, 1.82) is 0 Å². The highest BCUT2D eigenvalue weighted by atomic mass is 32.2. The molecule has 0 aliphatic carbocycles. The molecular weight excluding hydrogens is 306 g/mol. The van der Waals surface area contributed by atoms with Crippen molar-refractivity contribution in [2.24, 2.45) is 11.8 Å². The van der Waals surface area contributed by atoms with Crippen LogP contribution in [0.3, 0.4) is 0 Å². The smallest absolute Gasteiger partial charge is 0.288 e. The summed E-state index contributed by atoms with van der Waals surface area (Å²) in [6.07, 6.45) is 2.82. The fourth-order valence-electron chi connectivity index (χ4n) is 2.76. The number of hydrogen-bond acceptors (Lipinski definition) is 3. The lowest BCUT2D eigenvalue weighted by atomic mass is 9.85. The van der Waals surface area contributed by atoms with Gasteiger partial charge in [-0.2, -0.15) is 8.78 Å². The number of alkyl halides is 2. The number of thioether (sulfide) groups is 1. The summed E-state index contributed by atoms with van der Waals surface area (Å²) in [6, 6.07) is 6.52. The molecule has 2 N–H and O–H groups in total. The fourth-order valence-corrected chi connectivity index (χ4v) is 3.25. The molecule has 0 aromatic heterocycles. The summed E-state index contributed by atoms with van der Waals surface area (Å²) < 4.78 is 24.5. The highest BCUT2D eigenvalue weighted by Gasteiger charge is 2.22. The predicted molar refractivity (Wildman–Crippen MR) is 86.3 cm³/mol. The number of hydrogen-bond donors (Lipinski definition) is 2. The maximum absolute atomic E-state index is 12.2. The number of halogens is 2. The Morgan fingerprint density at radius 2 is 2.14 bits per heavy atom. The van der Waals surface area contributed by atoms with E-state index >= 15 is 0 Å². The van der Waals surface area contributed by atoms with E-state index in [1.165, 1.54) is 12.8 Å². The fraction of sp³-hybridized carbons (Fsp3) is 0.562. The minimum absolute atomic E-state index is 0.0210. The number of benzene rings is 1. The standard InChI is InChI=1S/C16H22F2N2OS/c1-11(12-3-2-8-19-10-12)9-15(21)20-13-4-6-14(7-5-13)22-16(17)18/h4-7,11-12,16,19H,2-3,8-10H2,1H3,(H,20,21). The lowest BCUT2D eigenvalue weighted by molar-refractivity contribution is -0.117. The Bertz CT molecular complexity index is 476. The number of piperidine rings is 1. The van der Waals surface area contributed by atoms with Crippen LogP contribution >= 0.6 is 11.8 Å². The molecule has 6 heteroatoms. The van der Waals surface area contributed by atoms with E-state index in [0.717, 1.165) is 13.1 Å². The maximum atomic E-state index is 12.2. The highest BCUT2D eigenvalue weighted by molar-refractivity contribution is 7.99. The quantitative estimate of drug-likeness (QED) is 0.777. The summed E-state index contributed by atoms with van der Waals surface area (Å²) in [5, 5.41) is 6.20. The van der Waals surface area contributed by atoms with Crippen LogP contribution in [0.25, 0.3) is 0 Å². The average molecular weight is 328 g/mol. The summed E-state index contributed by atoms with van der Waals surface area (Å²) in [7, 11) is 0. The van der Waals surface area contributed by atoms with Crippen molar-refractivity contribution in [3.8, 4) is 0 Å². The molecule has 1 aliphatic rings. The van der Waals surface area contributed by atoms with Crippen molar-refractivity contribution in [2.75, 3.05) is 18.4 Å². The molecule has 1 heterocycles. The topological polar surface area (TPSA) is 41.1 Å². The minimum atomic E-state index is -2.43. The number of carbonyl (C=O) groups excluding carboxylic acids is 1. The molecule has 0 radical (unpaired) electrons. The predicted octanol–water partition coefficient (Wildman–Crippen LogP) is 3.97. The molecule has 1 fully saturated rings. The number of carbonyl (C=O) groups is 1. The second-order valence-electron chi connectivity index (χ2n) is 5.74. The number of nitrogens with one attached hydrogen (secondary N) is 2. The Labute approximate surface area is 134 Å². The third-order valence-electron chi connectivity index (χ3n) is 4.01. The Morgan fingerprint density at radius 3 is 2.73 bits per heavy atom. The van der Waals surface area contributed by atoms with Gasteiger partial charge in [0.2, 0.25) is 5.91 Å². The summed E-state index contributed by atoms with van der Waals surface area (Å²) in [5.41, 5.74) is 0.651. The van der Waals surface area contributed by atoms with Gasteiger partial charge in [-0.1, -0.05) is 18.7 Å². The van der Waals surface area contributed by atoms with Crippen LogP contribution in [0, 0.1) is 11.8 Å². The van der Waals surface area contributed by atoms with Crippen molar-refractivity contribution in [3.05, 3.63) is 24.3 Å². The van der Waals surface area contributed by atoms with Gasteiger partial charge in [-0.3, -0.25) is 4.79 Å². The summed E-state index contributed by atoms with van der Waals surface area (Å²) in [6.45, 7) is 4.16. The van der Waals surface area contributed by atoms with Crippen molar-refractivity contribution in [2.45, 2.75) is 36.8 Å². The zero-order valence-electron chi connectivity index (χ0n) is 12.6. The van der Waals surface area contributed by atoms with Crippen LogP contribution in [0.15, 0.2) is 29.2 Å². The lowest BCUT2D eigenvalue weighted by Gasteiger charge is -2.28. The normalized spacial score (nSPS) is 19.9. The molecule has 2 atom stereocenters. The number of rotatable bonds is 6. The Balaban J connectivity index is 1.80. The molecule has 0 spiro atoms. The first-order valence-electron chi connectivity index (χ1n) is 7.60. The van der Waals surface area contributed by atoms with Gasteiger partial charge in [0.15, 0.2) is 0 Å². The van der Waals surface area contributed by atoms with Gasteiger partial charge in [-0.15, -0.1) is 0 Å². The molecule has 1 saturated heterocycles. The second kappa shape index (κ2) is 8.48. The van der Waals surface area contributed by atoms with Crippen LogP contribution in [-0.4, -0.2) is 24.8 Å². The van der Waals surface area contributed by atoms with Gasteiger partial charge in [-0.05, 0) is 62.0 Å². The van der Waals surface area contributed by atoms with E-state index in [9.17, 15) is 13.6 Å². The Kier molecular flexibility index (Phi) is 6.64. The van der Waals surface area contributed by atoms with Gasteiger partial charge in [0, 0.05) is 17.0 Å². The zero-order valence-corrected chi connectivity index (χ0v) is 13.5. The van der Waals surface area contributed by atoms with E-state index in [0.29, 0.717) is 40.6 Å². The van der Waals surface area contributed by atoms with Crippen LogP contribution in [0.5, 0.6) is 0 Å². The van der Waals surface area contributed by atoms with Crippen molar-refractivity contribution < 1.29 is 13.6 Å². The third-order valence-corrected chi connectivity index (χ3v) is 4.73. The largest absolute Gasteiger partial charge is 0.326 e. The van der Waals surface area contributed by atoms with E-state index in [1.54, 1.807) is 24.3 Å². The van der Waals surface area contributed by atoms with Gasteiger partial charge in [0.05, 0.1) is 0 Å². The first-order valence-corrected chi connectivity index (χ1v) is 8.48. The molecular formula is C16H22F2N2OS. The lowest BCUT2D eigenvalue weighted by Crippen LogP contribution is -2.34. The molecule has 0 bridgehead atoms. The molecule has 1 aromatic rings. The van der Waals surface area contributed by atoms with E-state index < -0.39 is 5.76 Å². The van der Waals surface area contributed by atoms with Gasteiger partial charge in [0.25, 0.3) is 5.76 Å². The zero-order chi connectivity index (χ0) is 15.9. The molecule has 0 saturated carbocycles. The minimum Gasteiger partial charge on any atom is -0.326 e. The first kappa shape index (κ1) is 17.2. The van der Waals surface area contributed by atoms with Crippen LogP contribution < -0.4 is 10.6 Å². The molecule has 22 heavy (non-hydrogen) atoms. The van der Waals surface area contributed by atoms with E-state index in [-0.39, 0.29) is 5.91 Å². The van der Waals surface area contributed by atoms with E-state index in [4.69, 9.17) is 0 Å². The third kappa shape index (κ3) is 5.57. The van der Waals surface area contributed by atoms with Gasteiger partial charge in [-0.25, -0.2) is 0 Å². The molecule has 2 unspecified atom stereocenters. The van der Waals surface area contributed by atoms with Crippen molar-refractivity contribution >= 4 is 23.4 Å². The van der Waals surface area contributed by atoms with Crippen molar-refractivity contribution in [3.63, 3.8) is 0 Å². The molecule has 2 rings (SSSR count). The van der Waals surface area contributed by atoms with Gasteiger partial charge in [0.1, 0.15) is 0 Å². The van der Waals surface area contributed by atoms with Crippen LogP contribution in [-0.2, 0) is 4.79 Å². The molecule has 3 nitrogen and oxygen atoms in total. The Hall–Kier alpha value is -1.14. The molecule has 122 valence electrons. The first-order chi connectivity index (χ1) is 10.5. The highest BCUT2D eigenvalue weighted by Crippen LogP contribution is 2.27. The number of amides is 1. The molecule has 1 aromatic carbocycles. The molecule has 1 aliphatic heterocycles.